The van der Waals surface area contributed by atoms with Crippen molar-refractivity contribution < 1.29 is 4.74 Å². The summed E-state index contributed by atoms with van der Waals surface area (Å²) in [5.74, 6) is 1.22. The molecule has 11 heteroatoms. The quantitative estimate of drug-likeness (QED) is 0.211. The number of nitrogens with zero attached hydrogens (tertiary/aromatic N) is 5. The van der Waals surface area contributed by atoms with Gasteiger partial charge in [0.1, 0.15) is 22.5 Å². The van der Waals surface area contributed by atoms with E-state index in [0.717, 1.165) is 63.2 Å². The van der Waals surface area contributed by atoms with E-state index in [-0.39, 0.29) is 11.7 Å². The highest BCUT2D eigenvalue weighted by molar-refractivity contribution is 7.15. The van der Waals surface area contributed by atoms with E-state index in [1.807, 2.05) is 54.8 Å². The summed E-state index contributed by atoms with van der Waals surface area (Å²) in [6, 6.07) is 17.8. The van der Waals surface area contributed by atoms with E-state index in [2.05, 4.69) is 39.7 Å². The van der Waals surface area contributed by atoms with Crippen LogP contribution in [0.25, 0.3) is 32.7 Å². The fourth-order valence-corrected chi connectivity index (χ4v) is 6.69. The lowest BCUT2D eigenvalue weighted by Crippen LogP contribution is -2.24. The largest absolute Gasteiger partial charge is 0.489 e. The van der Waals surface area contributed by atoms with Crippen LogP contribution in [0.4, 0.5) is 11.6 Å². The van der Waals surface area contributed by atoms with Crippen LogP contribution < -0.4 is 20.9 Å². The van der Waals surface area contributed by atoms with Gasteiger partial charge >= 0.3 is 0 Å². The summed E-state index contributed by atoms with van der Waals surface area (Å²) in [7, 11) is 0. The molecule has 5 aromatic heterocycles. The predicted molar refractivity (Wildman–Crippen MR) is 173 cm³/mol. The number of rotatable bonds is 8. The highest BCUT2D eigenvalue weighted by Gasteiger charge is 2.18. The van der Waals surface area contributed by atoms with E-state index < -0.39 is 0 Å². The second kappa shape index (κ2) is 11.7. The van der Waals surface area contributed by atoms with Crippen molar-refractivity contribution in [2.75, 3.05) is 18.4 Å². The molecule has 0 spiro atoms. The number of hydrogen-bond acceptors (Lipinski definition) is 10. The van der Waals surface area contributed by atoms with Crippen molar-refractivity contribution in [1.82, 2.24) is 29.8 Å². The van der Waals surface area contributed by atoms with Crippen molar-refractivity contribution in [2.24, 2.45) is 0 Å². The number of anilines is 2. The smallest absolute Gasteiger partial charge is 0.260 e. The van der Waals surface area contributed by atoms with Gasteiger partial charge in [-0.15, -0.1) is 22.7 Å². The first kappa shape index (κ1) is 27.4. The second-order valence-electron chi connectivity index (χ2n) is 10.5. The molecule has 1 aliphatic rings. The highest BCUT2D eigenvalue weighted by atomic mass is 32.1. The van der Waals surface area contributed by atoms with E-state index >= 15 is 0 Å². The van der Waals surface area contributed by atoms with Gasteiger partial charge in [0, 0.05) is 57.1 Å². The monoisotopic (exact) mass is 607 g/mol. The van der Waals surface area contributed by atoms with Crippen LogP contribution in [0.1, 0.15) is 22.0 Å². The minimum Gasteiger partial charge on any atom is -0.489 e. The van der Waals surface area contributed by atoms with Crippen LogP contribution in [0.3, 0.4) is 0 Å². The summed E-state index contributed by atoms with van der Waals surface area (Å²) in [5.41, 5.74) is 4.24. The number of benzene rings is 1. The molecule has 0 radical (unpaired) electrons. The Morgan fingerprint density at radius 2 is 1.93 bits per heavy atom. The molecule has 216 valence electrons. The summed E-state index contributed by atoms with van der Waals surface area (Å²) in [5, 5.41) is 10.1. The molecule has 43 heavy (non-hydrogen) atoms. The number of ether oxygens (including phenoxy) is 1. The van der Waals surface area contributed by atoms with E-state index in [1.54, 1.807) is 28.3 Å². The minimum atomic E-state index is -0.153. The van der Waals surface area contributed by atoms with Crippen molar-refractivity contribution in [3.8, 4) is 27.4 Å². The Hall–Kier alpha value is -4.45. The van der Waals surface area contributed by atoms with Crippen LogP contribution in [0, 0.1) is 13.8 Å². The van der Waals surface area contributed by atoms with Crippen LogP contribution in [0.5, 0.6) is 5.75 Å². The maximum atomic E-state index is 14.1. The molecular formula is C32H29N7O2S2. The molecule has 1 aliphatic heterocycles. The number of pyridine rings is 2. The zero-order valence-corrected chi connectivity index (χ0v) is 25.3. The molecule has 6 heterocycles. The Kier molecular flexibility index (Phi) is 7.44. The maximum absolute atomic E-state index is 14.1. The number of thiophene rings is 1. The van der Waals surface area contributed by atoms with E-state index in [9.17, 15) is 4.79 Å². The third-order valence-corrected chi connectivity index (χ3v) is 9.19. The summed E-state index contributed by atoms with van der Waals surface area (Å²) in [6.45, 7) is 6.18. The van der Waals surface area contributed by atoms with Crippen molar-refractivity contribution in [2.45, 2.75) is 32.9 Å². The number of thiazole rings is 1. The molecule has 9 nitrogen and oxygen atoms in total. The topological polar surface area (TPSA) is 107 Å². The molecule has 2 N–H and O–H groups in total. The van der Waals surface area contributed by atoms with Crippen LogP contribution in [0.2, 0.25) is 0 Å². The number of nitrogens with one attached hydrogen (secondary N) is 2. The number of fused-ring (bicyclic) bond motifs is 1. The fraction of sp³-hybridized carbons (Fsp3) is 0.219. The first-order valence-electron chi connectivity index (χ1n) is 14.1. The van der Waals surface area contributed by atoms with Gasteiger partial charge in [-0.3, -0.25) is 14.3 Å². The normalized spacial score (nSPS) is 14.8. The Labute approximate surface area is 256 Å². The van der Waals surface area contributed by atoms with Gasteiger partial charge in [-0.2, -0.15) is 4.98 Å². The fourth-order valence-electron chi connectivity index (χ4n) is 5.25. The Balaban J connectivity index is 1.24. The molecular weight excluding hydrogens is 579 g/mol. The molecule has 1 saturated heterocycles. The average Bonchev–Trinajstić information content (AvgIpc) is 3.80. The molecule has 1 aromatic carbocycles. The standard InChI is InChI=1S/C32H29N7O2S2/c1-19-3-10-28(43-19)27-9-8-25(20(2)36-27)26-15-21-16-35-32(38-30(21)39(31(26)40)18-29-34-13-14-42-29)37-22-4-6-23(7-5-22)41-24-11-12-33-17-24/h3-10,13-16,24,33H,11-12,17-18H2,1-2H3,(H,35,37,38). The first-order valence-corrected chi connectivity index (χ1v) is 15.8. The Bertz CT molecular complexity index is 1960. The Morgan fingerprint density at radius 3 is 2.65 bits per heavy atom. The summed E-state index contributed by atoms with van der Waals surface area (Å²) in [4.78, 5) is 35.1. The van der Waals surface area contributed by atoms with Crippen molar-refractivity contribution in [1.29, 1.82) is 0 Å². The first-order chi connectivity index (χ1) is 21.0. The van der Waals surface area contributed by atoms with E-state index in [0.29, 0.717) is 23.7 Å². The van der Waals surface area contributed by atoms with Gasteiger partial charge in [0.25, 0.3) is 5.56 Å². The zero-order chi connectivity index (χ0) is 29.3. The van der Waals surface area contributed by atoms with Crippen molar-refractivity contribution in [3.05, 3.63) is 98.3 Å². The van der Waals surface area contributed by atoms with Gasteiger partial charge in [0.2, 0.25) is 5.95 Å². The minimum absolute atomic E-state index is 0.153. The van der Waals surface area contributed by atoms with Gasteiger partial charge in [0.15, 0.2) is 0 Å². The molecule has 1 unspecified atom stereocenters. The molecule has 1 atom stereocenters. The van der Waals surface area contributed by atoms with Gasteiger partial charge in [-0.25, -0.2) is 9.97 Å². The number of aryl methyl sites for hydroxylation is 2. The van der Waals surface area contributed by atoms with Crippen molar-refractivity contribution in [3.63, 3.8) is 0 Å². The van der Waals surface area contributed by atoms with Crippen LogP contribution in [0.15, 0.2) is 77.2 Å². The van der Waals surface area contributed by atoms with E-state index in [1.165, 1.54) is 16.2 Å². The molecule has 0 bridgehead atoms. The molecule has 7 rings (SSSR count). The molecule has 0 saturated carbocycles. The summed E-state index contributed by atoms with van der Waals surface area (Å²) < 4.78 is 7.71. The lowest BCUT2D eigenvalue weighted by atomic mass is 10.0. The molecule has 1 fully saturated rings. The average molecular weight is 608 g/mol. The number of aromatic nitrogens is 5. The number of hydrogen-bond donors (Lipinski definition) is 2. The third kappa shape index (κ3) is 5.79. The summed E-state index contributed by atoms with van der Waals surface area (Å²) in [6.07, 6.45) is 4.70. The highest BCUT2D eigenvalue weighted by Crippen LogP contribution is 2.30. The zero-order valence-electron chi connectivity index (χ0n) is 23.7. The van der Waals surface area contributed by atoms with E-state index in [4.69, 9.17) is 14.7 Å². The SMILES string of the molecule is Cc1ccc(-c2ccc(-c3cc4cnc(Nc5ccc(OC6CCNC6)cc5)nc4n(Cc4nccs4)c3=O)c(C)n2)s1. The van der Waals surface area contributed by atoms with Gasteiger partial charge < -0.3 is 15.4 Å². The molecule has 0 aliphatic carbocycles. The van der Waals surface area contributed by atoms with Gasteiger partial charge in [-0.05, 0) is 75.3 Å². The lowest BCUT2D eigenvalue weighted by molar-refractivity contribution is 0.223. The Morgan fingerprint density at radius 1 is 1.05 bits per heavy atom. The lowest BCUT2D eigenvalue weighted by Gasteiger charge is -2.15. The van der Waals surface area contributed by atoms with Gasteiger partial charge in [-0.1, -0.05) is 6.07 Å². The van der Waals surface area contributed by atoms with Gasteiger partial charge in [0.05, 0.1) is 17.1 Å². The molecule has 0 amide bonds. The maximum Gasteiger partial charge on any atom is 0.260 e. The third-order valence-electron chi connectivity index (χ3n) is 7.40. The summed E-state index contributed by atoms with van der Waals surface area (Å²) >= 11 is 3.21. The predicted octanol–water partition coefficient (Wildman–Crippen LogP) is 6.19. The second-order valence-corrected chi connectivity index (χ2v) is 12.7. The van der Waals surface area contributed by atoms with Crippen LogP contribution in [-0.4, -0.2) is 43.7 Å². The van der Waals surface area contributed by atoms with Crippen molar-refractivity contribution >= 4 is 45.3 Å². The van der Waals surface area contributed by atoms with Crippen LogP contribution >= 0.6 is 22.7 Å². The van der Waals surface area contributed by atoms with Crippen LogP contribution in [-0.2, 0) is 6.54 Å². The molecule has 6 aromatic rings.